The fourth-order valence-corrected chi connectivity index (χ4v) is 0. The Hall–Kier alpha value is 1.87. The second kappa shape index (κ2) is 6.87. The summed E-state index contributed by atoms with van der Waals surface area (Å²) in [5, 5.41) is 8.88. The Morgan fingerprint density at radius 3 is 1.67 bits per heavy atom. The minimum atomic E-state index is -2.67. The van der Waals surface area contributed by atoms with Crippen LogP contribution in [0.25, 0.3) is 0 Å². The van der Waals surface area contributed by atoms with Crippen LogP contribution < -0.4 is 74.0 Å². The van der Waals surface area contributed by atoms with E-state index >= 15 is 0 Å². The van der Waals surface area contributed by atoms with E-state index in [-0.39, 0.29) is 68.9 Å². The van der Waals surface area contributed by atoms with Crippen LogP contribution in [0.5, 0.6) is 0 Å². The zero-order valence-electron chi connectivity index (χ0n) is 3.45. The van der Waals surface area contributed by atoms with Crippen molar-refractivity contribution in [2.75, 3.05) is 6.61 Å². The number of rotatable bonds is 1. The molecular formula is C2H3CsF2O. The topological polar surface area (TPSA) is 23.1 Å². The van der Waals surface area contributed by atoms with Gasteiger partial charge in [-0.2, -0.15) is 0 Å². The van der Waals surface area contributed by atoms with Gasteiger partial charge in [-0.25, -0.2) is 8.78 Å². The third-order valence-corrected chi connectivity index (χ3v) is 0.126. The van der Waals surface area contributed by atoms with E-state index in [4.69, 9.17) is 5.11 Å². The van der Waals surface area contributed by atoms with Crippen LogP contribution >= 0.6 is 0 Å². The third kappa shape index (κ3) is 9.30. The van der Waals surface area contributed by atoms with Gasteiger partial charge in [0.1, 0.15) is 0 Å². The Morgan fingerprint density at radius 2 is 1.67 bits per heavy atom. The number of hydrogen-bond donors (Lipinski definition) is 0. The Morgan fingerprint density at radius 1 is 1.50 bits per heavy atom. The molecule has 4 heteroatoms. The molecule has 0 atom stereocenters. The maximum Gasteiger partial charge on any atom is 1.00 e. The van der Waals surface area contributed by atoms with E-state index in [0.29, 0.717) is 0 Å². The molecule has 0 aliphatic rings. The third-order valence-electron chi connectivity index (χ3n) is 0.126. The standard InChI is InChI=1S/C2H3F2O.Cs/c3-2(4)1-5;/h2H,1H2;/q-1;+1. The predicted octanol–water partition coefficient (Wildman–Crippen LogP) is -3.38. The second-order valence-corrected chi connectivity index (χ2v) is 0.558. The van der Waals surface area contributed by atoms with E-state index in [1.165, 1.54) is 0 Å². The van der Waals surface area contributed by atoms with Crippen LogP contribution in [-0.4, -0.2) is 13.0 Å². The average Bonchev–Trinajstić information content (AvgIpc) is 1.38. The van der Waals surface area contributed by atoms with Crippen molar-refractivity contribution in [3.05, 3.63) is 0 Å². The molecule has 0 amide bonds. The summed E-state index contributed by atoms with van der Waals surface area (Å²) in [4.78, 5) is 0. The molecule has 0 aliphatic carbocycles. The van der Waals surface area contributed by atoms with E-state index in [1.807, 2.05) is 0 Å². The molecule has 0 spiro atoms. The molecule has 32 valence electrons. The summed E-state index contributed by atoms with van der Waals surface area (Å²) in [6.45, 7) is -1.28. The second-order valence-electron chi connectivity index (χ2n) is 0.558. The van der Waals surface area contributed by atoms with Crippen molar-refractivity contribution in [1.82, 2.24) is 0 Å². The molecule has 0 aromatic carbocycles. The summed E-state index contributed by atoms with van der Waals surface area (Å²) >= 11 is 0. The van der Waals surface area contributed by atoms with Crippen molar-refractivity contribution in [3.63, 3.8) is 0 Å². The van der Waals surface area contributed by atoms with Crippen molar-refractivity contribution in [2.45, 2.75) is 6.43 Å². The Kier molecular flexibility index (Phi) is 12.3. The van der Waals surface area contributed by atoms with Crippen LogP contribution in [-0.2, 0) is 0 Å². The smallest absolute Gasteiger partial charge is 0.850 e. The van der Waals surface area contributed by atoms with E-state index in [1.54, 1.807) is 0 Å². The largest absolute Gasteiger partial charge is 1.00 e. The molecule has 0 rings (SSSR count). The fraction of sp³-hybridized carbons (Fsp3) is 1.00. The molecule has 0 aromatic heterocycles. The van der Waals surface area contributed by atoms with E-state index < -0.39 is 13.0 Å². The van der Waals surface area contributed by atoms with Crippen LogP contribution in [0.3, 0.4) is 0 Å². The molecule has 0 saturated heterocycles. The van der Waals surface area contributed by atoms with Crippen LogP contribution in [0.15, 0.2) is 0 Å². The first-order valence-electron chi connectivity index (χ1n) is 1.13. The van der Waals surface area contributed by atoms with Crippen molar-refractivity contribution >= 4 is 0 Å². The van der Waals surface area contributed by atoms with Crippen LogP contribution in [0, 0.1) is 0 Å². The summed E-state index contributed by atoms with van der Waals surface area (Å²) < 4.78 is 20.9. The number of alkyl halides is 2. The molecule has 0 heterocycles. The van der Waals surface area contributed by atoms with Gasteiger partial charge in [-0.1, -0.05) is 6.61 Å². The van der Waals surface area contributed by atoms with Gasteiger partial charge in [0.15, 0.2) is 0 Å². The van der Waals surface area contributed by atoms with Gasteiger partial charge in [-0.15, -0.1) is 0 Å². The first kappa shape index (κ1) is 10.8. The fourth-order valence-electron chi connectivity index (χ4n) is 0. The quantitative estimate of drug-likeness (QED) is 0.446. The van der Waals surface area contributed by atoms with Crippen molar-refractivity contribution < 1.29 is 82.8 Å². The maximum absolute atomic E-state index is 10.5. The molecule has 1 nitrogen and oxygen atoms in total. The van der Waals surface area contributed by atoms with E-state index in [0.717, 1.165) is 0 Å². The minimum absolute atomic E-state index is 0. The number of halogens is 2. The van der Waals surface area contributed by atoms with Gasteiger partial charge in [-0.05, 0) is 0 Å². The number of hydrogen-bond acceptors (Lipinski definition) is 1. The maximum atomic E-state index is 10.5. The van der Waals surface area contributed by atoms with E-state index in [9.17, 15) is 8.78 Å². The van der Waals surface area contributed by atoms with Gasteiger partial charge < -0.3 is 5.11 Å². The molecule has 0 aliphatic heterocycles. The molecule has 6 heavy (non-hydrogen) atoms. The zero-order valence-corrected chi connectivity index (χ0v) is 9.73. The predicted molar refractivity (Wildman–Crippen MR) is 10.9 cm³/mol. The summed E-state index contributed by atoms with van der Waals surface area (Å²) in [5.74, 6) is 0. The van der Waals surface area contributed by atoms with Gasteiger partial charge >= 0.3 is 68.9 Å². The summed E-state index contributed by atoms with van der Waals surface area (Å²) in [7, 11) is 0. The minimum Gasteiger partial charge on any atom is -0.850 e. The summed E-state index contributed by atoms with van der Waals surface area (Å²) in [6.07, 6.45) is -2.67. The van der Waals surface area contributed by atoms with Crippen molar-refractivity contribution in [3.8, 4) is 0 Å². The van der Waals surface area contributed by atoms with Crippen LogP contribution in [0.4, 0.5) is 8.78 Å². The molecule has 0 N–H and O–H groups in total. The summed E-state index contributed by atoms with van der Waals surface area (Å²) in [6, 6.07) is 0. The normalized spacial score (nSPS) is 8.00. The van der Waals surface area contributed by atoms with Gasteiger partial charge in [-0.3, -0.25) is 0 Å². The van der Waals surface area contributed by atoms with Gasteiger partial charge in [0, 0.05) is 0 Å². The Balaban J connectivity index is 0. The van der Waals surface area contributed by atoms with Crippen molar-refractivity contribution in [1.29, 1.82) is 0 Å². The van der Waals surface area contributed by atoms with Crippen LogP contribution in [0.1, 0.15) is 0 Å². The average molecular weight is 214 g/mol. The Labute approximate surface area is 93.5 Å². The van der Waals surface area contributed by atoms with Crippen LogP contribution in [0.2, 0.25) is 0 Å². The summed E-state index contributed by atoms with van der Waals surface area (Å²) in [5.41, 5.74) is 0. The molecule has 0 saturated carbocycles. The first-order valence-corrected chi connectivity index (χ1v) is 1.13. The first-order chi connectivity index (χ1) is 2.27. The molecular weight excluding hydrogens is 211 g/mol. The molecule has 0 aromatic rings. The molecule has 0 fully saturated rings. The molecule has 0 unspecified atom stereocenters. The molecule has 0 bridgehead atoms. The zero-order chi connectivity index (χ0) is 4.28. The SMILES string of the molecule is [Cs+].[O-]CC(F)F. The Bertz CT molecular complexity index is 25.5. The van der Waals surface area contributed by atoms with Gasteiger partial charge in [0.2, 0.25) is 6.43 Å². The monoisotopic (exact) mass is 214 g/mol. The molecule has 0 radical (unpaired) electrons. The van der Waals surface area contributed by atoms with E-state index in [2.05, 4.69) is 0 Å². The van der Waals surface area contributed by atoms with Gasteiger partial charge in [0.05, 0.1) is 0 Å². The van der Waals surface area contributed by atoms with Crippen molar-refractivity contribution in [2.24, 2.45) is 0 Å². The van der Waals surface area contributed by atoms with Gasteiger partial charge in [0.25, 0.3) is 0 Å².